The van der Waals surface area contributed by atoms with Crippen LogP contribution in [-0.2, 0) is 9.47 Å². The van der Waals surface area contributed by atoms with E-state index in [4.69, 9.17) is 14.7 Å². The number of hydrogen-bond donors (Lipinski definition) is 1. The fraction of sp³-hybridized carbons (Fsp3) is 0.938. The SMILES string of the molecule is ON=C1CCC(OCC2CCC3(CCCCC3)O2)CC1. The molecule has 4 heteroatoms. The van der Waals surface area contributed by atoms with Crippen molar-refractivity contribution in [3.05, 3.63) is 0 Å². The van der Waals surface area contributed by atoms with Crippen LogP contribution in [-0.4, -0.2) is 35.3 Å². The van der Waals surface area contributed by atoms with E-state index in [1.807, 2.05) is 0 Å². The Labute approximate surface area is 121 Å². The van der Waals surface area contributed by atoms with Crippen molar-refractivity contribution in [2.45, 2.75) is 88.4 Å². The molecule has 1 unspecified atom stereocenters. The fourth-order valence-electron chi connectivity index (χ4n) is 4.01. The Morgan fingerprint density at radius 1 is 1.10 bits per heavy atom. The van der Waals surface area contributed by atoms with Gasteiger partial charge in [0.1, 0.15) is 0 Å². The van der Waals surface area contributed by atoms with Gasteiger partial charge < -0.3 is 14.7 Å². The second kappa shape index (κ2) is 6.44. The van der Waals surface area contributed by atoms with Crippen LogP contribution in [0.15, 0.2) is 5.16 Å². The largest absolute Gasteiger partial charge is 0.411 e. The highest BCUT2D eigenvalue weighted by Crippen LogP contribution is 2.42. The molecular formula is C16H27NO3. The third-order valence-corrected chi connectivity index (χ3v) is 5.27. The number of nitrogens with zero attached hydrogens (tertiary/aromatic N) is 1. The Hall–Kier alpha value is -0.610. The molecule has 0 amide bonds. The van der Waals surface area contributed by atoms with Gasteiger partial charge in [0.05, 0.1) is 30.1 Å². The molecule has 1 saturated heterocycles. The summed E-state index contributed by atoms with van der Waals surface area (Å²) in [7, 11) is 0. The van der Waals surface area contributed by atoms with Crippen LogP contribution >= 0.6 is 0 Å². The third-order valence-electron chi connectivity index (χ3n) is 5.27. The molecule has 4 nitrogen and oxygen atoms in total. The van der Waals surface area contributed by atoms with Crippen LogP contribution in [0.25, 0.3) is 0 Å². The van der Waals surface area contributed by atoms with Crippen molar-refractivity contribution in [1.29, 1.82) is 0 Å². The summed E-state index contributed by atoms with van der Waals surface area (Å²) >= 11 is 0. The zero-order valence-electron chi connectivity index (χ0n) is 12.4. The molecule has 20 heavy (non-hydrogen) atoms. The standard InChI is InChI=1S/C16H27NO3/c18-17-13-4-6-14(7-5-13)19-12-15-8-11-16(20-15)9-2-1-3-10-16/h14-15,18H,1-12H2. The predicted octanol–water partition coefficient (Wildman–Crippen LogP) is 3.66. The van der Waals surface area contributed by atoms with Gasteiger partial charge in [0.2, 0.25) is 0 Å². The lowest BCUT2D eigenvalue weighted by Gasteiger charge is -2.33. The van der Waals surface area contributed by atoms with E-state index in [0.717, 1.165) is 44.4 Å². The molecule has 1 N–H and O–H groups in total. The smallest absolute Gasteiger partial charge is 0.0817 e. The molecule has 0 radical (unpaired) electrons. The van der Waals surface area contributed by atoms with Crippen molar-refractivity contribution >= 4 is 5.71 Å². The van der Waals surface area contributed by atoms with Gasteiger partial charge in [0, 0.05) is 0 Å². The topological polar surface area (TPSA) is 51.1 Å². The molecule has 3 rings (SSSR count). The molecule has 3 fully saturated rings. The predicted molar refractivity (Wildman–Crippen MR) is 77.4 cm³/mol. The average Bonchev–Trinajstić information content (AvgIpc) is 2.89. The second-order valence-electron chi connectivity index (χ2n) is 6.72. The molecular weight excluding hydrogens is 254 g/mol. The first kappa shape index (κ1) is 14.3. The van der Waals surface area contributed by atoms with E-state index in [0.29, 0.717) is 12.2 Å². The van der Waals surface area contributed by atoms with Crippen molar-refractivity contribution in [3.8, 4) is 0 Å². The fourth-order valence-corrected chi connectivity index (χ4v) is 4.01. The van der Waals surface area contributed by atoms with Crippen LogP contribution in [0.1, 0.15) is 70.6 Å². The van der Waals surface area contributed by atoms with Crippen LogP contribution in [0.3, 0.4) is 0 Å². The highest BCUT2D eigenvalue weighted by molar-refractivity contribution is 5.84. The van der Waals surface area contributed by atoms with Crippen molar-refractivity contribution in [2.24, 2.45) is 5.16 Å². The summed E-state index contributed by atoms with van der Waals surface area (Å²) < 4.78 is 12.4. The molecule has 114 valence electrons. The minimum atomic E-state index is 0.204. The lowest BCUT2D eigenvalue weighted by atomic mass is 9.83. The van der Waals surface area contributed by atoms with Gasteiger partial charge in [-0.25, -0.2) is 0 Å². The van der Waals surface area contributed by atoms with Gasteiger partial charge in [-0.2, -0.15) is 0 Å². The summed E-state index contributed by atoms with van der Waals surface area (Å²) in [6, 6.07) is 0. The Bertz CT molecular complexity index is 340. The molecule has 1 spiro atoms. The zero-order valence-corrected chi connectivity index (χ0v) is 12.4. The quantitative estimate of drug-likeness (QED) is 0.634. The van der Waals surface area contributed by atoms with Gasteiger partial charge >= 0.3 is 0 Å². The molecule has 0 aromatic rings. The van der Waals surface area contributed by atoms with Gasteiger partial charge in [-0.3, -0.25) is 0 Å². The lowest BCUT2D eigenvalue weighted by molar-refractivity contribution is -0.100. The number of ether oxygens (including phenoxy) is 2. The van der Waals surface area contributed by atoms with E-state index < -0.39 is 0 Å². The highest BCUT2D eigenvalue weighted by Gasteiger charge is 2.40. The van der Waals surface area contributed by atoms with Crippen molar-refractivity contribution in [1.82, 2.24) is 0 Å². The zero-order chi connectivity index (χ0) is 13.8. The Balaban J connectivity index is 1.39. The van der Waals surface area contributed by atoms with E-state index >= 15 is 0 Å². The summed E-state index contributed by atoms with van der Waals surface area (Å²) in [5.74, 6) is 0. The maximum absolute atomic E-state index is 8.75. The van der Waals surface area contributed by atoms with E-state index in [1.165, 1.54) is 38.5 Å². The first-order valence-electron chi connectivity index (χ1n) is 8.29. The Morgan fingerprint density at radius 3 is 2.55 bits per heavy atom. The van der Waals surface area contributed by atoms with Gasteiger partial charge in [-0.15, -0.1) is 0 Å². The van der Waals surface area contributed by atoms with Crippen molar-refractivity contribution in [3.63, 3.8) is 0 Å². The summed E-state index contributed by atoms with van der Waals surface area (Å²) in [5, 5.41) is 12.1. The monoisotopic (exact) mass is 281 g/mol. The minimum absolute atomic E-state index is 0.204. The maximum atomic E-state index is 8.75. The third kappa shape index (κ3) is 3.34. The van der Waals surface area contributed by atoms with Crippen molar-refractivity contribution in [2.75, 3.05) is 6.61 Å². The summed E-state index contributed by atoms with van der Waals surface area (Å²) in [6.45, 7) is 0.748. The van der Waals surface area contributed by atoms with E-state index in [-0.39, 0.29) is 5.60 Å². The maximum Gasteiger partial charge on any atom is 0.0817 e. The summed E-state index contributed by atoms with van der Waals surface area (Å²) in [4.78, 5) is 0. The molecule has 0 aromatic heterocycles. The summed E-state index contributed by atoms with van der Waals surface area (Å²) in [5.41, 5.74) is 1.12. The van der Waals surface area contributed by atoms with Crippen LogP contribution in [0.2, 0.25) is 0 Å². The van der Waals surface area contributed by atoms with Crippen LogP contribution in [0.5, 0.6) is 0 Å². The highest BCUT2D eigenvalue weighted by atomic mass is 16.6. The molecule has 0 bridgehead atoms. The molecule has 2 saturated carbocycles. The number of oxime groups is 1. The van der Waals surface area contributed by atoms with Crippen molar-refractivity contribution < 1.29 is 14.7 Å². The van der Waals surface area contributed by atoms with Crippen LogP contribution in [0.4, 0.5) is 0 Å². The normalized spacial score (nSPS) is 33.5. The molecule has 1 aliphatic heterocycles. The van der Waals surface area contributed by atoms with Gasteiger partial charge in [0.25, 0.3) is 0 Å². The molecule has 2 aliphatic carbocycles. The first-order chi connectivity index (χ1) is 9.80. The number of hydrogen-bond acceptors (Lipinski definition) is 4. The van der Waals surface area contributed by atoms with E-state index in [1.54, 1.807) is 0 Å². The number of rotatable bonds is 3. The van der Waals surface area contributed by atoms with Gasteiger partial charge in [-0.1, -0.05) is 24.4 Å². The summed E-state index contributed by atoms with van der Waals surface area (Å²) in [6.07, 6.45) is 13.3. The minimum Gasteiger partial charge on any atom is -0.411 e. The van der Waals surface area contributed by atoms with E-state index in [2.05, 4.69) is 5.16 Å². The average molecular weight is 281 g/mol. The first-order valence-corrected chi connectivity index (χ1v) is 8.29. The Kier molecular flexibility index (Phi) is 4.61. The molecule has 1 heterocycles. The van der Waals surface area contributed by atoms with E-state index in [9.17, 15) is 0 Å². The lowest BCUT2D eigenvalue weighted by Crippen LogP contribution is -2.33. The molecule has 0 aromatic carbocycles. The van der Waals surface area contributed by atoms with Gasteiger partial charge in [-0.05, 0) is 51.4 Å². The molecule has 1 atom stereocenters. The van der Waals surface area contributed by atoms with Crippen LogP contribution < -0.4 is 0 Å². The van der Waals surface area contributed by atoms with Gasteiger partial charge in [0.15, 0.2) is 0 Å². The Morgan fingerprint density at radius 2 is 1.85 bits per heavy atom. The second-order valence-corrected chi connectivity index (χ2v) is 6.72. The molecule has 3 aliphatic rings. The van der Waals surface area contributed by atoms with Crippen LogP contribution in [0, 0.1) is 0 Å².